The molecule has 0 aliphatic carbocycles. The van der Waals surface area contributed by atoms with Gasteiger partial charge in [-0.3, -0.25) is 9.59 Å². The molecule has 1 fully saturated rings. The number of methoxy groups -OCH3 is 1. The minimum absolute atomic E-state index is 0.0462. The fourth-order valence-corrected chi connectivity index (χ4v) is 3.63. The summed E-state index contributed by atoms with van der Waals surface area (Å²) in [6.45, 7) is 1.80. The minimum atomic E-state index is -0.626. The van der Waals surface area contributed by atoms with Gasteiger partial charge in [-0.25, -0.2) is 0 Å². The van der Waals surface area contributed by atoms with Crippen LogP contribution in [0.3, 0.4) is 0 Å². The third kappa shape index (κ3) is 5.58. The van der Waals surface area contributed by atoms with Crippen LogP contribution in [0.15, 0.2) is 58.7 Å². The number of benzene rings is 2. The summed E-state index contributed by atoms with van der Waals surface area (Å²) >= 11 is 7.04. The molecule has 0 aromatic heterocycles. The molecule has 0 unspecified atom stereocenters. The second kappa shape index (κ2) is 9.58. The fraction of sp³-hybridized carbons (Fsp3) is 0.200. The Balaban J connectivity index is 1.71. The number of amidine groups is 1. The SMILES string of the molecule is COc1ccccc1NC(=O)[C@H]1CC(=O)N/C(=N/N=C(/C)c2ccc(Cl)cc2)S1. The van der Waals surface area contributed by atoms with E-state index in [9.17, 15) is 9.59 Å². The molecule has 9 heteroatoms. The zero-order chi connectivity index (χ0) is 20.8. The maximum Gasteiger partial charge on any atom is 0.238 e. The first-order valence-electron chi connectivity index (χ1n) is 8.75. The van der Waals surface area contributed by atoms with Gasteiger partial charge < -0.3 is 15.4 Å². The highest BCUT2D eigenvalue weighted by atomic mass is 35.5. The van der Waals surface area contributed by atoms with E-state index in [0.717, 1.165) is 17.3 Å². The molecule has 0 radical (unpaired) electrons. The van der Waals surface area contributed by atoms with Gasteiger partial charge in [-0.15, -0.1) is 5.10 Å². The van der Waals surface area contributed by atoms with E-state index in [1.807, 2.05) is 18.2 Å². The average Bonchev–Trinajstić information content (AvgIpc) is 2.72. The number of para-hydroxylation sites is 2. The van der Waals surface area contributed by atoms with E-state index in [0.29, 0.717) is 22.2 Å². The number of hydrogen-bond acceptors (Lipinski definition) is 6. The summed E-state index contributed by atoms with van der Waals surface area (Å²) in [6, 6.07) is 14.3. The minimum Gasteiger partial charge on any atom is -0.495 e. The van der Waals surface area contributed by atoms with Crippen LogP contribution in [-0.4, -0.2) is 35.1 Å². The van der Waals surface area contributed by atoms with Gasteiger partial charge in [0.05, 0.1) is 18.5 Å². The number of nitrogens with zero attached hydrogens (tertiary/aromatic N) is 2. The third-order valence-corrected chi connectivity index (χ3v) is 5.41. The molecule has 2 aromatic rings. The van der Waals surface area contributed by atoms with E-state index in [1.165, 1.54) is 7.11 Å². The van der Waals surface area contributed by atoms with Crippen LogP contribution in [0, 0.1) is 0 Å². The molecule has 3 rings (SSSR count). The molecule has 7 nitrogen and oxygen atoms in total. The highest BCUT2D eigenvalue weighted by molar-refractivity contribution is 8.15. The van der Waals surface area contributed by atoms with Crippen molar-refractivity contribution >= 4 is 51.7 Å². The summed E-state index contributed by atoms with van der Waals surface area (Å²) in [4.78, 5) is 24.7. The number of rotatable bonds is 5. The summed E-state index contributed by atoms with van der Waals surface area (Å²) in [5.41, 5.74) is 2.06. The molecule has 2 N–H and O–H groups in total. The molecular formula is C20H19ClN4O3S. The molecule has 29 heavy (non-hydrogen) atoms. The Labute approximate surface area is 177 Å². The number of ether oxygens (including phenoxy) is 1. The van der Waals surface area contributed by atoms with E-state index in [-0.39, 0.29) is 23.4 Å². The van der Waals surface area contributed by atoms with Crippen LogP contribution in [0.1, 0.15) is 18.9 Å². The van der Waals surface area contributed by atoms with E-state index in [4.69, 9.17) is 16.3 Å². The number of anilines is 1. The molecule has 1 aliphatic rings. The van der Waals surface area contributed by atoms with Crippen molar-refractivity contribution in [2.24, 2.45) is 10.2 Å². The van der Waals surface area contributed by atoms with Crippen LogP contribution in [-0.2, 0) is 9.59 Å². The molecule has 0 bridgehead atoms. The van der Waals surface area contributed by atoms with Crippen molar-refractivity contribution in [3.05, 3.63) is 59.1 Å². The number of nitrogens with one attached hydrogen (secondary N) is 2. The fourth-order valence-electron chi connectivity index (χ4n) is 2.57. The lowest BCUT2D eigenvalue weighted by Crippen LogP contribution is -2.41. The smallest absolute Gasteiger partial charge is 0.238 e. The maximum absolute atomic E-state index is 12.6. The second-order valence-electron chi connectivity index (χ2n) is 6.15. The maximum atomic E-state index is 12.6. The van der Waals surface area contributed by atoms with Crippen LogP contribution in [0.2, 0.25) is 5.02 Å². The lowest BCUT2D eigenvalue weighted by atomic mass is 10.1. The topological polar surface area (TPSA) is 92.1 Å². The number of amides is 2. The molecule has 0 saturated carbocycles. The first-order chi connectivity index (χ1) is 14.0. The average molecular weight is 431 g/mol. The van der Waals surface area contributed by atoms with Crippen molar-refractivity contribution in [2.45, 2.75) is 18.6 Å². The van der Waals surface area contributed by atoms with Crippen LogP contribution in [0.25, 0.3) is 0 Å². The van der Waals surface area contributed by atoms with E-state index in [1.54, 1.807) is 37.3 Å². The summed E-state index contributed by atoms with van der Waals surface area (Å²) in [5, 5.41) is 14.0. The van der Waals surface area contributed by atoms with Gasteiger partial charge in [-0.2, -0.15) is 5.10 Å². The molecule has 1 aliphatic heterocycles. The van der Waals surface area contributed by atoms with Gasteiger partial charge in [0.1, 0.15) is 11.0 Å². The van der Waals surface area contributed by atoms with Gasteiger partial charge in [0.2, 0.25) is 11.8 Å². The first-order valence-corrected chi connectivity index (χ1v) is 10.0. The number of carbonyl (C=O) groups is 2. The number of carbonyl (C=O) groups excluding carboxylic acids is 2. The van der Waals surface area contributed by atoms with Gasteiger partial charge in [0.15, 0.2) is 5.17 Å². The Bertz CT molecular complexity index is 976. The van der Waals surface area contributed by atoms with E-state index in [2.05, 4.69) is 20.8 Å². The van der Waals surface area contributed by atoms with Crippen LogP contribution in [0.4, 0.5) is 5.69 Å². The highest BCUT2D eigenvalue weighted by Gasteiger charge is 2.30. The lowest BCUT2D eigenvalue weighted by molar-refractivity contribution is -0.123. The number of halogens is 1. The zero-order valence-corrected chi connectivity index (χ0v) is 17.4. The quantitative estimate of drug-likeness (QED) is 0.559. The van der Waals surface area contributed by atoms with Crippen molar-refractivity contribution < 1.29 is 14.3 Å². The molecule has 1 saturated heterocycles. The van der Waals surface area contributed by atoms with Gasteiger partial charge in [0.25, 0.3) is 0 Å². The van der Waals surface area contributed by atoms with Crippen molar-refractivity contribution in [3.63, 3.8) is 0 Å². The predicted molar refractivity (Wildman–Crippen MR) is 117 cm³/mol. The molecule has 1 heterocycles. The molecule has 1 atom stereocenters. The molecule has 2 aromatic carbocycles. The van der Waals surface area contributed by atoms with Crippen molar-refractivity contribution in [3.8, 4) is 5.75 Å². The zero-order valence-electron chi connectivity index (χ0n) is 15.8. The van der Waals surface area contributed by atoms with Crippen molar-refractivity contribution in [1.82, 2.24) is 5.32 Å². The molecule has 150 valence electrons. The van der Waals surface area contributed by atoms with Crippen molar-refractivity contribution in [1.29, 1.82) is 0 Å². The highest BCUT2D eigenvalue weighted by Crippen LogP contribution is 2.27. The van der Waals surface area contributed by atoms with Gasteiger partial charge in [0, 0.05) is 11.4 Å². The summed E-state index contributed by atoms with van der Waals surface area (Å²) in [5.74, 6) is -0.0503. The monoisotopic (exact) mass is 430 g/mol. The Morgan fingerprint density at radius 3 is 2.69 bits per heavy atom. The van der Waals surface area contributed by atoms with Crippen LogP contribution < -0.4 is 15.4 Å². The number of hydrogen-bond donors (Lipinski definition) is 2. The van der Waals surface area contributed by atoms with E-state index < -0.39 is 5.25 Å². The van der Waals surface area contributed by atoms with Crippen LogP contribution in [0.5, 0.6) is 5.75 Å². The molecule has 0 spiro atoms. The summed E-state index contributed by atoms with van der Waals surface area (Å²) < 4.78 is 5.24. The second-order valence-corrected chi connectivity index (χ2v) is 7.77. The Kier molecular flexibility index (Phi) is 6.90. The van der Waals surface area contributed by atoms with E-state index >= 15 is 0 Å². The third-order valence-electron chi connectivity index (χ3n) is 4.08. The van der Waals surface area contributed by atoms with Gasteiger partial charge in [-0.05, 0) is 36.8 Å². The standard InChI is InChI=1S/C20H19ClN4O3S/c1-12(13-7-9-14(21)10-8-13)24-25-20-23-18(26)11-17(29-20)19(27)22-15-5-3-4-6-16(15)28-2/h3-10,17H,11H2,1-2H3,(H,22,27)(H,23,25,26)/b24-12-/t17-/m1/s1. The Morgan fingerprint density at radius 2 is 1.97 bits per heavy atom. The normalized spacial score (nSPS) is 18.3. The van der Waals surface area contributed by atoms with Gasteiger partial charge >= 0.3 is 0 Å². The molecule has 2 amide bonds. The predicted octanol–water partition coefficient (Wildman–Crippen LogP) is 3.69. The number of thioether (sulfide) groups is 1. The first kappa shape index (κ1) is 20.9. The largest absolute Gasteiger partial charge is 0.495 e. The summed E-state index contributed by atoms with van der Waals surface area (Å²) in [6.07, 6.45) is 0.0462. The lowest BCUT2D eigenvalue weighted by Gasteiger charge is -2.22. The van der Waals surface area contributed by atoms with Crippen molar-refractivity contribution in [2.75, 3.05) is 12.4 Å². The van der Waals surface area contributed by atoms with Gasteiger partial charge in [-0.1, -0.05) is 47.6 Å². The summed E-state index contributed by atoms with van der Waals surface area (Å²) in [7, 11) is 1.53. The Hall–Kier alpha value is -2.84. The molecular weight excluding hydrogens is 412 g/mol. The Morgan fingerprint density at radius 1 is 1.24 bits per heavy atom. The van der Waals surface area contributed by atoms with Crippen LogP contribution >= 0.6 is 23.4 Å².